The second-order valence-corrected chi connectivity index (χ2v) is 7.71. The van der Waals surface area contributed by atoms with Gasteiger partial charge in [-0.25, -0.2) is 0 Å². The standard InChI is InChI=1S/C20H32N4O2/c1-14(2)12-21-19(25)20(26)22-13-18(23(3)4)16-8-9-17-15(11-16)7-6-10-24(17)5/h8-9,11,14,18H,6-7,10,12-13H2,1-5H3,(H,21,25)(H,22,26)/t18-/m0/s1. The van der Waals surface area contributed by atoms with Crippen LogP contribution in [0.5, 0.6) is 0 Å². The summed E-state index contributed by atoms with van der Waals surface area (Å²) in [6, 6.07) is 6.54. The van der Waals surface area contributed by atoms with E-state index in [-0.39, 0.29) is 6.04 Å². The van der Waals surface area contributed by atoms with Gasteiger partial charge >= 0.3 is 11.8 Å². The second-order valence-electron chi connectivity index (χ2n) is 7.71. The van der Waals surface area contributed by atoms with E-state index in [1.165, 1.54) is 11.3 Å². The predicted octanol–water partition coefficient (Wildman–Crippen LogP) is 1.56. The number of hydrogen-bond acceptors (Lipinski definition) is 4. The quantitative estimate of drug-likeness (QED) is 0.756. The zero-order chi connectivity index (χ0) is 19.3. The van der Waals surface area contributed by atoms with Crippen LogP contribution in [-0.4, -0.2) is 57.5 Å². The first-order valence-electron chi connectivity index (χ1n) is 9.36. The van der Waals surface area contributed by atoms with Crippen LogP contribution in [0.15, 0.2) is 18.2 Å². The SMILES string of the molecule is CC(C)CNC(=O)C(=O)NC[C@@H](c1ccc2c(c1)CCCN2C)N(C)C. The van der Waals surface area contributed by atoms with E-state index in [0.717, 1.165) is 24.9 Å². The lowest BCUT2D eigenvalue weighted by Crippen LogP contribution is -2.44. The van der Waals surface area contributed by atoms with Crippen LogP contribution in [0.2, 0.25) is 0 Å². The topological polar surface area (TPSA) is 64.7 Å². The molecule has 6 nitrogen and oxygen atoms in total. The molecule has 1 aromatic rings. The molecule has 6 heteroatoms. The third-order valence-corrected chi connectivity index (χ3v) is 4.80. The molecule has 0 bridgehead atoms. The van der Waals surface area contributed by atoms with Crippen molar-refractivity contribution in [2.75, 3.05) is 45.7 Å². The number of likely N-dealkylation sites (N-methyl/N-ethyl adjacent to an activating group) is 1. The zero-order valence-electron chi connectivity index (χ0n) is 16.6. The lowest BCUT2D eigenvalue weighted by Gasteiger charge is -2.30. The molecule has 0 unspecified atom stereocenters. The van der Waals surface area contributed by atoms with Gasteiger partial charge < -0.3 is 20.4 Å². The van der Waals surface area contributed by atoms with Crippen molar-refractivity contribution in [1.82, 2.24) is 15.5 Å². The number of fused-ring (bicyclic) bond motifs is 1. The summed E-state index contributed by atoms with van der Waals surface area (Å²) in [6.45, 7) is 5.98. The van der Waals surface area contributed by atoms with Crippen molar-refractivity contribution in [1.29, 1.82) is 0 Å². The van der Waals surface area contributed by atoms with Crippen LogP contribution in [0.3, 0.4) is 0 Å². The first-order chi connectivity index (χ1) is 12.3. The third-order valence-electron chi connectivity index (χ3n) is 4.80. The van der Waals surface area contributed by atoms with Gasteiger partial charge in [0.15, 0.2) is 0 Å². The number of carbonyl (C=O) groups is 2. The largest absolute Gasteiger partial charge is 0.374 e. The molecule has 1 aliphatic rings. The van der Waals surface area contributed by atoms with Crippen LogP contribution < -0.4 is 15.5 Å². The molecule has 1 aromatic carbocycles. The maximum Gasteiger partial charge on any atom is 0.309 e. The lowest BCUT2D eigenvalue weighted by molar-refractivity contribution is -0.139. The predicted molar refractivity (Wildman–Crippen MR) is 105 cm³/mol. The van der Waals surface area contributed by atoms with Gasteiger partial charge in [-0.3, -0.25) is 9.59 Å². The number of benzene rings is 1. The Hall–Kier alpha value is -2.08. The molecule has 0 aliphatic carbocycles. The molecule has 0 aromatic heterocycles. The molecule has 0 saturated heterocycles. The summed E-state index contributed by atoms with van der Waals surface area (Å²) in [4.78, 5) is 28.2. The Morgan fingerprint density at radius 1 is 1.15 bits per heavy atom. The highest BCUT2D eigenvalue weighted by molar-refractivity contribution is 6.35. The maximum atomic E-state index is 12.0. The van der Waals surface area contributed by atoms with Gasteiger partial charge in [-0.15, -0.1) is 0 Å². The summed E-state index contributed by atoms with van der Waals surface area (Å²) in [5, 5.41) is 5.42. The Balaban J connectivity index is 2.03. The van der Waals surface area contributed by atoms with Gasteiger partial charge in [-0.2, -0.15) is 0 Å². The van der Waals surface area contributed by atoms with Crippen LogP contribution in [0, 0.1) is 5.92 Å². The van der Waals surface area contributed by atoms with Crippen molar-refractivity contribution >= 4 is 17.5 Å². The van der Waals surface area contributed by atoms with Crippen LogP contribution in [0.4, 0.5) is 5.69 Å². The number of aryl methyl sites for hydroxylation is 1. The molecule has 0 saturated carbocycles. The summed E-state index contributed by atoms with van der Waals surface area (Å²) in [7, 11) is 6.10. The van der Waals surface area contributed by atoms with E-state index < -0.39 is 11.8 Å². The molecule has 0 fully saturated rings. The number of nitrogens with one attached hydrogen (secondary N) is 2. The Kier molecular flexibility index (Phi) is 7.03. The van der Waals surface area contributed by atoms with Crippen molar-refractivity contribution in [3.8, 4) is 0 Å². The molecule has 2 N–H and O–H groups in total. The highest BCUT2D eigenvalue weighted by Crippen LogP contribution is 2.29. The summed E-state index contributed by atoms with van der Waals surface area (Å²) in [5.74, 6) is -0.826. The average Bonchev–Trinajstić information content (AvgIpc) is 2.59. The van der Waals surface area contributed by atoms with Crippen molar-refractivity contribution in [2.45, 2.75) is 32.7 Å². The van der Waals surface area contributed by atoms with Gasteiger partial charge in [0.05, 0.1) is 6.04 Å². The number of hydrogen-bond donors (Lipinski definition) is 2. The fraction of sp³-hybridized carbons (Fsp3) is 0.600. The number of carbonyl (C=O) groups excluding carboxylic acids is 2. The van der Waals surface area contributed by atoms with Crippen molar-refractivity contribution in [2.24, 2.45) is 5.92 Å². The molecule has 0 radical (unpaired) electrons. The fourth-order valence-corrected chi connectivity index (χ4v) is 3.26. The van der Waals surface area contributed by atoms with Crippen LogP contribution in [0.25, 0.3) is 0 Å². The van der Waals surface area contributed by atoms with Crippen molar-refractivity contribution in [3.63, 3.8) is 0 Å². The van der Waals surface area contributed by atoms with E-state index in [4.69, 9.17) is 0 Å². The first-order valence-corrected chi connectivity index (χ1v) is 9.36. The van der Waals surface area contributed by atoms with Crippen molar-refractivity contribution in [3.05, 3.63) is 29.3 Å². The molecular weight excluding hydrogens is 328 g/mol. The molecule has 1 aliphatic heterocycles. The minimum Gasteiger partial charge on any atom is -0.374 e. The second kappa shape index (κ2) is 9.03. The van der Waals surface area contributed by atoms with Gasteiger partial charge in [-0.1, -0.05) is 26.0 Å². The molecule has 26 heavy (non-hydrogen) atoms. The number of rotatable bonds is 6. The average molecular weight is 361 g/mol. The monoisotopic (exact) mass is 360 g/mol. The maximum absolute atomic E-state index is 12.0. The highest BCUT2D eigenvalue weighted by Gasteiger charge is 2.21. The summed E-state index contributed by atoms with van der Waals surface area (Å²) in [6.07, 6.45) is 2.24. The lowest BCUT2D eigenvalue weighted by atomic mass is 9.96. The molecular formula is C20H32N4O2. The number of anilines is 1. The van der Waals surface area contributed by atoms with Crippen molar-refractivity contribution < 1.29 is 9.59 Å². The Morgan fingerprint density at radius 2 is 1.81 bits per heavy atom. The summed E-state index contributed by atoms with van der Waals surface area (Å²) < 4.78 is 0. The minimum absolute atomic E-state index is 0.0226. The van der Waals surface area contributed by atoms with Gasteiger partial charge in [-0.05, 0) is 50.0 Å². The normalized spacial score (nSPS) is 15.0. The summed E-state index contributed by atoms with van der Waals surface area (Å²) >= 11 is 0. The molecule has 2 amide bonds. The Bertz CT molecular complexity index is 643. The molecule has 144 valence electrons. The van der Waals surface area contributed by atoms with E-state index in [2.05, 4.69) is 45.7 Å². The van der Waals surface area contributed by atoms with E-state index in [1.807, 2.05) is 27.9 Å². The highest BCUT2D eigenvalue weighted by atomic mass is 16.2. The molecule has 1 heterocycles. The summed E-state index contributed by atoms with van der Waals surface area (Å²) in [5.41, 5.74) is 3.80. The zero-order valence-corrected chi connectivity index (χ0v) is 16.6. The molecule has 1 atom stereocenters. The van der Waals surface area contributed by atoms with E-state index in [9.17, 15) is 9.59 Å². The fourth-order valence-electron chi connectivity index (χ4n) is 3.26. The third kappa shape index (κ3) is 5.21. The Morgan fingerprint density at radius 3 is 2.42 bits per heavy atom. The molecule has 0 spiro atoms. The number of amides is 2. The van der Waals surface area contributed by atoms with E-state index >= 15 is 0 Å². The van der Waals surface area contributed by atoms with E-state index in [1.54, 1.807) is 0 Å². The first kappa shape index (κ1) is 20.2. The van der Waals surface area contributed by atoms with Gasteiger partial charge in [0.1, 0.15) is 0 Å². The Labute approximate surface area is 156 Å². The van der Waals surface area contributed by atoms with Gasteiger partial charge in [0, 0.05) is 32.4 Å². The number of nitrogens with zero attached hydrogens (tertiary/aromatic N) is 2. The van der Waals surface area contributed by atoms with Gasteiger partial charge in [0.2, 0.25) is 0 Å². The van der Waals surface area contributed by atoms with Crippen LogP contribution in [-0.2, 0) is 16.0 Å². The van der Waals surface area contributed by atoms with Gasteiger partial charge in [0.25, 0.3) is 0 Å². The smallest absolute Gasteiger partial charge is 0.309 e. The minimum atomic E-state index is -0.574. The van der Waals surface area contributed by atoms with Crippen LogP contribution >= 0.6 is 0 Å². The van der Waals surface area contributed by atoms with Crippen LogP contribution in [0.1, 0.15) is 37.4 Å². The van der Waals surface area contributed by atoms with E-state index in [0.29, 0.717) is 19.0 Å². The molecule has 2 rings (SSSR count).